The van der Waals surface area contributed by atoms with Crippen molar-refractivity contribution in [3.63, 3.8) is 0 Å². The van der Waals surface area contributed by atoms with Crippen LogP contribution in [0.25, 0.3) is 10.2 Å². The molecule has 1 N–H and O–H groups in total. The molecule has 4 heteroatoms. The Balaban J connectivity index is 2.15. The van der Waals surface area contributed by atoms with Gasteiger partial charge in [-0.25, -0.2) is 4.98 Å². The topological polar surface area (TPSA) is 42.0 Å². The number of anilines is 1. The number of carbonyl (C=O) groups excluding carboxylic acids is 1. The maximum absolute atomic E-state index is 11.6. The van der Waals surface area contributed by atoms with E-state index in [1.165, 1.54) is 23.0 Å². The van der Waals surface area contributed by atoms with Gasteiger partial charge in [-0.15, -0.1) is 0 Å². The highest BCUT2D eigenvalue weighted by atomic mass is 32.1. The molecule has 0 spiro atoms. The molecule has 2 rings (SSSR count). The molecule has 1 amide bonds. The summed E-state index contributed by atoms with van der Waals surface area (Å²) in [7, 11) is 0. The molecule has 0 bridgehead atoms. The summed E-state index contributed by atoms with van der Waals surface area (Å²) < 4.78 is 1.10. The van der Waals surface area contributed by atoms with Gasteiger partial charge in [0.25, 0.3) is 0 Å². The molecule has 1 heterocycles. The van der Waals surface area contributed by atoms with E-state index in [2.05, 4.69) is 29.4 Å². The van der Waals surface area contributed by atoms with Crippen LogP contribution < -0.4 is 5.32 Å². The molecule has 0 atom stereocenters. The summed E-state index contributed by atoms with van der Waals surface area (Å²) in [5, 5.41) is 3.41. The number of thiazole rings is 1. The number of rotatable bonds is 4. The van der Waals surface area contributed by atoms with E-state index in [-0.39, 0.29) is 5.91 Å². The number of nitrogens with one attached hydrogen (secondary N) is 1. The molecule has 3 nitrogen and oxygen atoms in total. The molecule has 0 unspecified atom stereocenters. The first kappa shape index (κ1) is 13.5. The maximum Gasteiger partial charge on any atom is 0.250 e. The summed E-state index contributed by atoms with van der Waals surface area (Å²) in [5.41, 5.74) is 2.21. The van der Waals surface area contributed by atoms with E-state index in [0.717, 1.165) is 16.6 Å². The zero-order valence-corrected chi connectivity index (χ0v) is 11.8. The van der Waals surface area contributed by atoms with Gasteiger partial charge in [0.05, 0.1) is 10.2 Å². The summed E-state index contributed by atoms with van der Waals surface area (Å²) in [4.78, 5) is 16.0. The van der Waals surface area contributed by atoms with Crippen LogP contribution in [0.3, 0.4) is 0 Å². The average molecular weight is 272 g/mol. The molecular formula is C15H16N2OS. The third kappa shape index (κ3) is 3.51. The zero-order valence-electron chi connectivity index (χ0n) is 11.0. The Bertz CT molecular complexity index is 641. The van der Waals surface area contributed by atoms with Crippen LogP contribution in [-0.2, 0) is 11.2 Å². The van der Waals surface area contributed by atoms with Gasteiger partial charge in [-0.3, -0.25) is 10.1 Å². The van der Waals surface area contributed by atoms with Gasteiger partial charge in [0.15, 0.2) is 5.13 Å². The molecule has 1 aromatic carbocycles. The molecule has 98 valence electrons. The second kappa shape index (κ2) is 6.29. The highest BCUT2D eigenvalue weighted by Crippen LogP contribution is 2.26. The van der Waals surface area contributed by atoms with E-state index in [0.29, 0.717) is 5.13 Å². The van der Waals surface area contributed by atoms with E-state index in [1.807, 2.05) is 25.1 Å². The summed E-state index contributed by atoms with van der Waals surface area (Å²) in [5.74, 6) is -0.159. The fourth-order valence-corrected chi connectivity index (χ4v) is 2.58. The molecular weight excluding hydrogens is 256 g/mol. The lowest BCUT2D eigenvalue weighted by atomic mass is 10.2. The molecule has 19 heavy (non-hydrogen) atoms. The van der Waals surface area contributed by atoms with Gasteiger partial charge in [0, 0.05) is 6.08 Å². The quantitative estimate of drug-likeness (QED) is 0.677. The number of nitrogens with zero attached hydrogens (tertiary/aromatic N) is 1. The van der Waals surface area contributed by atoms with E-state index < -0.39 is 0 Å². The van der Waals surface area contributed by atoms with Gasteiger partial charge in [0.2, 0.25) is 5.91 Å². The zero-order chi connectivity index (χ0) is 13.7. The highest BCUT2D eigenvalue weighted by molar-refractivity contribution is 7.22. The number of hydrogen-bond donors (Lipinski definition) is 1. The Labute approximate surface area is 116 Å². The van der Waals surface area contributed by atoms with Crippen molar-refractivity contribution in [2.75, 3.05) is 5.32 Å². The van der Waals surface area contributed by atoms with Crippen LogP contribution in [0.2, 0.25) is 0 Å². The number of fused-ring (bicyclic) bond motifs is 1. The van der Waals surface area contributed by atoms with Crippen LogP contribution in [-0.4, -0.2) is 10.9 Å². The van der Waals surface area contributed by atoms with Crippen molar-refractivity contribution in [1.82, 2.24) is 4.98 Å². The predicted octanol–water partition coefficient (Wildman–Crippen LogP) is 3.93. The molecule has 0 saturated heterocycles. The van der Waals surface area contributed by atoms with Crippen LogP contribution >= 0.6 is 11.3 Å². The number of amides is 1. The van der Waals surface area contributed by atoms with Gasteiger partial charge in [-0.05, 0) is 31.0 Å². The molecule has 0 aliphatic carbocycles. The lowest BCUT2D eigenvalue weighted by Crippen LogP contribution is -2.06. The minimum atomic E-state index is -0.159. The standard InChI is InChI=1S/C15H16N2OS/c1-3-5-6-7-14(18)17-15-16-12-9-8-11(4-2)10-13(12)19-15/h3,5-10H,4H2,1-2H3,(H,16,17,18). The van der Waals surface area contributed by atoms with Crippen LogP contribution in [0.5, 0.6) is 0 Å². The largest absolute Gasteiger partial charge is 0.298 e. The molecule has 0 aliphatic heterocycles. The van der Waals surface area contributed by atoms with Gasteiger partial charge in [0.1, 0.15) is 0 Å². The third-order valence-corrected chi connectivity index (χ3v) is 3.58. The summed E-state index contributed by atoms with van der Waals surface area (Å²) >= 11 is 1.50. The number of benzene rings is 1. The first-order chi connectivity index (χ1) is 9.22. The summed E-state index contributed by atoms with van der Waals surface area (Å²) in [6, 6.07) is 6.19. The molecule has 0 fully saturated rings. The first-order valence-electron chi connectivity index (χ1n) is 6.22. The van der Waals surface area contributed by atoms with Crippen LogP contribution in [0.1, 0.15) is 19.4 Å². The number of aryl methyl sites for hydroxylation is 1. The fraction of sp³-hybridized carbons (Fsp3) is 0.200. The first-order valence-corrected chi connectivity index (χ1v) is 7.04. The Morgan fingerprint density at radius 2 is 2.26 bits per heavy atom. The van der Waals surface area contributed by atoms with E-state index >= 15 is 0 Å². The predicted molar refractivity (Wildman–Crippen MR) is 81.6 cm³/mol. The minimum absolute atomic E-state index is 0.159. The highest BCUT2D eigenvalue weighted by Gasteiger charge is 2.06. The summed E-state index contributed by atoms with van der Waals surface area (Å²) in [6.07, 6.45) is 7.88. The van der Waals surface area contributed by atoms with E-state index in [1.54, 1.807) is 6.08 Å². The Kier molecular flexibility index (Phi) is 4.47. The number of hydrogen-bond acceptors (Lipinski definition) is 3. The van der Waals surface area contributed by atoms with Crippen molar-refractivity contribution < 1.29 is 4.79 Å². The SMILES string of the molecule is CC=CC=CC(=O)Nc1nc2ccc(CC)cc2s1. The van der Waals surface area contributed by atoms with Gasteiger partial charge in [-0.2, -0.15) is 0 Å². The molecule has 0 saturated carbocycles. The molecule has 0 aliphatic rings. The van der Waals surface area contributed by atoms with E-state index in [9.17, 15) is 4.79 Å². The second-order valence-electron chi connectivity index (χ2n) is 4.05. The maximum atomic E-state index is 11.6. The number of carbonyl (C=O) groups is 1. The average Bonchev–Trinajstić information content (AvgIpc) is 2.79. The van der Waals surface area contributed by atoms with Crippen molar-refractivity contribution in [2.45, 2.75) is 20.3 Å². The normalized spacial score (nSPS) is 11.7. The minimum Gasteiger partial charge on any atom is -0.298 e. The molecule has 1 aromatic heterocycles. The van der Waals surface area contributed by atoms with Crippen molar-refractivity contribution in [1.29, 1.82) is 0 Å². The van der Waals surface area contributed by atoms with E-state index in [4.69, 9.17) is 0 Å². The Morgan fingerprint density at radius 1 is 1.42 bits per heavy atom. The Hall–Kier alpha value is -1.94. The van der Waals surface area contributed by atoms with Crippen LogP contribution in [0, 0.1) is 0 Å². The van der Waals surface area contributed by atoms with Gasteiger partial charge < -0.3 is 0 Å². The van der Waals surface area contributed by atoms with Crippen LogP contribution in [0.15, 0.2) is 42.5 Å². The molecule has 0 radical (unpaired) electrons. The van der Waals surface area contributed by atoms with Gasteiger partial charge in [-0.1, -0.05) is 42.6 Å². The van der Waals surface area contributed by atoms with Crippen molar-refractivity contribution in [2.24, 2.45) is 0 Å². The fourth-order valence-electron chi connectivity index (χ4n) is 1.64. The number of allylic oxidation sites excluding steroid dienone is 3. The second-order valence-corrected chi connectivity index (χ2v) is 5.08. The monoisotopic (exact) mass is 272 g/mol. The van der Waals surface area contributed by atoms with Crippen LogP contribution in [0.4, 0.5) is 5.13 Å². The van der Waals surface area contributed by atoms with Crippen molar-refractivity contribution >= 4 is 32.6 Å². The lowest BCUT2D eigenvalue weighted by molar-refractivity contribution is -0.111. The number of aromatic nitrogens is 1. The lowest BCUT2D eigenvalue weighted by Gasteiger charge is -1.93. The Morgan fingerprint density at radius 3 is 3.00 bits per heavy atom. The smallest absolute Gasteiger partial charge is 0.250 e. The third-order valence-electron chi connectivity index (χ3n) is 2.64. The van der Waals surface area contributed by atoms with Crippen molar-refractivity contribution in [3.8, 4) is 0 Å². The van der Waals surface area contributed by atoms with Gasteiger partial charge >= 0.3 is 0 Å². The summed E-state index contributed by atoms with van der Waals surface area (Å²) in [6.45, 7) is 4.03. The molecule has 2 aromatic rings. The van der Waals surface area contributed by atoms with Crippen molar-refractivity contribution in [3.05, 3.63) is 48.1 Å².